The molecule has 0 heterocycles. The van der Waals surface area contributed by atoms with Gasteiger partial charge in [-0.1, -0.05) is 26.0 Å². The van der Waals surface area contributed by atoms with E-state index in [1.165, 1.54) is 0 Å². The Morgan fingerprint density at radius 2 is 2.12 bits per heavy atom. The van der Waals surface area contributed by atoms with E-state index in [2.05, 4.69) is 13.8 Å². The first-order valence-electron chi connectivity index (χ1n) is 5.82. The second-order valence-corrected chi connectivity index (χ2v) is 4.77. The summed E-state index contributed by atoms with van der Waals surface area (Å²) in [5.74, 6) is 0.199. The monoisotopic (exact) mass is 235 g/mol. The van der Waals surface area contributed by atoms with Crippen molar-refractivity contribution in [2.45, 2.75) is 20.4 Å². The van der Waals surface area contributed by atoms with E-state index in [4.69, 9.17) is 11.5 Å². The van der Waals surface area contributed by atoms with E-state index in [9.17, 15) is 4.79 Å². The summed E-state index contributed by atoms with van der Waals surface area (Å²) in [5.41, 5.74) is 12.8. The van der Waals surface area contributed by atoms with Crippen molar-refractivity contribution >= 4 is 11.6 Å². The molecule has 1 amide bonds. The minimum Gasteiger partial charge on any atom is -0.399 e. The molecule has 0 fully saturated rings. The van der Waals surface area contributed by atoms with Gasteiger partial charge in [-0.3, -0.25) is 9.69 Å². The predicted molar refractivity (Wildman–Crippen MR) is 70.2 cm³/mol. The van der Waals surface area contributed by atoms with Crippen LogP contribution in [-0.4, -0.2) is 23.9 Å². The number of nitrogens with two attached hydrogens (primary N) is 2. The van der Waals surface area contributed by atoms with Crippen LogP contribution in [0.5, 0.6) is 0 Å². The zero-order valence-corrected chi connectivity index (χ0v) is 10.5. The van der Waals surface area contributed by atoms with Gasteiger partial charge in [0.05, 0.1) is 6.54 Å². The SMILES string of the molecule is CC(C)CN(CC(N)=O)Cc1cccc(N)c1. The Morgan fingerprint density at radius 1 is 1.41 bits per heavy atom. The first-order chi connectivity index (χ1) is 7.97. The van der Waals surface area contributed by atoms with Gasteiger partial charge in [0.25, 0.3) is 0 Å². The number of nitrogens with zero attached hydrogens (tertiary/aromatic N) is 1. The third-order valence-corrected chi connectivity index (χ3v) is 2.36. The van der Waals surface area contributed by atoms with Gasteiger partial charge in [0.15, 0.2) is 0 Å². The maximum atomic E-state index is 11.0. The lowest BCUT2D eigenvalue weighted by Crippen LogP contribution is -2.35. The van der Waals surface area contributed by atoms with Gasteiger partial charge in [0, 0.05) is 18.8 Å². The van der Waals surface area contributed by atoms with Crippen molar-refractivity contribution in [3.8, 4) is 0 Å². The van der Waals surface area contributed by atoms with Crippen molar-refractivity contribution in [2.75, 3.05) is 18.8 Å². The van der Waals surface area contributed by atoms with Crippen molar-refractivity contribution in [3.63, 3.8) is 0 Å². The predicted octanol–water partition coefficient (Wildman–Crippen LogP) is 1.21. The number of benzene rings is 1. The van der Waals surface area contributed by atoms with Crippen molar-refractivity contribution in [2.24, 2.45) is 11.7 Å². The summed E-state index contributed by atoms with van der Waals surface area (Å²) < 4.78 is 0. The van der Waals surface area contributed by atoms with Crippen LogP contribution in [0.3, 0.4) is 0 Å². The van der Waals surface area contributed by atoms with E-state index >= 15 is 0 Å². The average Bonchev–Trinajstić information content (AvgIpc) is 2.14. The number of nitrogen functional groups attached to an aromatic ring is 1. The molecule has 4 heteroatoms. The van der Waals surface area contributed by atoms with Crippen molar-refractivity contribution < 1.29 is 4.79 Å². The zero-order chi connectivity index (χ0) is 12.8. The minimum absolute atomic E-state index is 0.285. The second-order valence-electron chi connectivity index (χ2n) is 4.77. The number of amides is 1. The van der Waals surface area contributed by atoms with Gasteiger partial charge in [-0.2, -0.15) is 0 Å². The molecule has 4 N–H and O–H groups in total. The third-order valence-electron chi connectivity index (χ3n) is 2.36. The first-order valence-corrected chi connectivity index (χ1v) is 5.82. The smallest absolute Gasteiger partial charge is 0.231 e. The summed E-state index contributed by atoms with van der Waals surface area (Å²) in [7, 11) is 0. The van der Waals surface area contributed by atoms with Crippen molar-refractivity contribution in [3.05, 3.63) is 29.8 Å². The number of carbonyl (C=O) groups excluding carboxylic acids is 1. The molecule has 0 radical (unpaired) electrons. The van der Waals surface area contributed by atoms with Gasteiger partial charge in [-0.05, 0) is 23.6 Å². The molecule has 94 valence electrons. The number of hydrogen-bond acceptors (Lipinski definition) is 3. The molecule has 0 aliphatic carbocycles. The summed E-state index contributed by atoms with van der Waals surface area (Å²) in [4.78, 5) is 13.0. The molecule has 0 aliphatic rings. The van der Waals surface area contributed by atoms with E-state index in [1.807, 2.05) is 29.2 Å². The largest absolute Gasteiger partial charge is 0.399 e. The molecule has 1 aromatic carbocycles. The molecule has 0 spiro atoms. The molecule has 0 bridgehead atoms. The van der Waals surface area contributed by atoms with E-state index in [1.54, 1.807) is 0 Å². The Bertz CT molecular complexity index is 377. The number of rotatable bonds is 6. The van der Waals surface area contributed by atoms with E-state index in [0.29, 0.717) is 12.5 Å². The molecule has 1 rings (SSSR count). The minimum atomic E-state index is -0.297. The van der Waals surface area contributed by atoms with Crippen LogP contribution in [0, 0.1) is 5.92 Å². The summed E-state index contributed by atoms with van der Waals surface area (Å²) in [6.45, 7) is 6.07. The molecule has 17 heavy (non-hydrogen) atoms. The molecule has 0 atom stereocenters. The van der Waals surface area contributed by atoms with Crippen LogP contribution in [0.2, 0.25) is 0 Å². The van der Waals surface area contributed by atoms with E-state index in [-0.39, 0.29) is 12.5 Å². The summed E-state index contributed by atoms with van der Waals surface area (Å²) in [5, 5.41) is 0. The van der Waals surface area contributed by atoms with Crippen LogP contribution in [0.4, 0.5) is 5.69 Å². The normalized spacial score (nSPS) is 11.1. The highest BCUT2D eigenvalue weighted by Crippen LogP contribution is 2.10. The lowest BCUT2D eigenvalue weighted by atomic mass is 10.1. The van der Waals surface area contributed by atoms with Gasteiger partial charge in [-0.15, -0.1) is 0 Å². The van der Waals surface area contributed by atoms with Gasteiger partial charge in [-0.25, -0.2) is 0 Å². The third kappa shape index (κ3) is 5.36. The summed E-state index contributed by atoms with van der Waals surface area (Å²) in [6, 6.07) is 7.70. The lowest BCUT2D eigenvalue weighted by Gasteiger charge is -2.22. The van der Waals surface area contributed by atoms with Crippen LogP contribution < -0.4 is 11.5 Å². The molecule has 0 unspecified atom stereocenters. The molecule has 4 nitrogen and oxygen atoms in total. The number of hydrogen-bond donors (Lipinski definition) is 2. The van der Waals surface area contributed by atoms with Crippen molar-refractivity contribution in [1.82, 2.24) is 4.90 Å². The highest BCUT2D eigenvalue weighted by Gasteiger charge is 2.10. The van der Waals surface area contributed by atoms with Gasteiger partial charge in [0.1, 0.15) is 0 Å². The molecule has 0 saturated heterocycles. The molecular formula is C13H21N3O. The highest BCUT2D eigenvalue weighted by atomic mass is 16.1. The van der Waals surface area contributed by atoms with Gasteiger partial charge >= 0.3 is 0 Å². The van der Waals surface area contributed by atoms with E-state index in [0.717, 1.165) is 17.8 Å². The van der Waals surface area contributed by atoms with Crippen LogP contribution in [-0.2, 0) is 11.3 Å². The van der Waals surface area contributed by atoms with Crippen LogP contribution >= 0.6 is 0 Å². The van der Waals surface area contributed by atoms with Crippen molar-refractivity contribution in [1.29, 1.82) is 0 Å². The standard InChI is InChI=1S/C13H21N3O/c1-10(2)7-16(9-13(15)17)8-11-4-3-5-12(14)6-11/h3-6,10H,7-9,14H2,1-2H3,(H2,15,17). The van der Waals surface area contributed by atoms with Crippen LogP contribution in [0.1, 0.15) is 19.4 Å². The average molecular weight is 235 g/mol. The maximum absolute atomic E-state index is 11.0. The molecule has 0 saturated carbocycles. The Morgan fingerprint density at radius 3 is 2.65 bits per heavy atom. The maximum Gasteiger partial charge on any atom is 0.231 e. The molecular weight excluding hydrogens is 214 g/mol. The Hall–Kier alpha value is -1.55. The van der Waals surface area contributed by atoms with Gasteiger partial charge in [0.2, 0.25) is 5.91 Å². The topological polar surface area (TPSA) is 72.3 Å². The molecule has 0 aliphatic heterocycles. The quantitative estimate of drug-likeness (QED) is 0.728. The molecule has 0 aromatic heterocycles. The Balaban J connectivity index is 2.67. The Kier molecular flexibility index (Phi) is 4.97. The summed E-state index contributed by atoms with van der Waals surface area (Å²) in [6.07, 6.45) is 0. The number of primary amides is 1. The fraction of sp³-hybridized carbons (Fsp3) is 0.462. The van der Waals surface area contributed by atoms with Crippen LogP contribution in [0.15, 0.2) is 24.3 Å². The van der Waals surface area contributed by atoms with E-state index < -0.39 is 0 Å². The Labute approximate surface area is 103 Å². The lowest BCUT2D eigenvalue weighted by molar-refractivity contribution is -0.119. The fourth-order valence-corrected chi connectivity index (χ4v) is 1.87. The highest BCUT2D eigenvalue weighted by molar-refractivity contribution is 5.75. The first kappa shape index (κ1) is 13.5. The zero-order valence-electron chi connectivity index (χ0n) is 10.5. The summed E-state index contributed by atoms with van der Waals surface area (Å²) >= 11 is 0. The van der Waals surface area contributed by atoms with Crippen LogP contribution in [0.25, 0.3) is 0 Å². The number of anilines is 1. The second kappa shape index (κ2) is 6.25. The fourth-order valence-electron chi connectivity index (χ4n) is 1.87. The van der Waals surface area contributed by atoms with Gasteiger partial charge < -0.3 is 11.5 Å². The molecule has 1 aromatic rings. The number of carbonyl (C=O) groups is 1.